The third-order valence-electron chi connectivity index (χ3n) is 2.95. The Morgan fingerprint density at radius 3 is 2.07 bits per heavy atom. The van der Waals surface area contributed by atoms with Crippen LogP contribution in [0.4, 0.5) is 0 Å². The summed E-state index contributed by atoms with van der Waals surface area (Å²) < 4.78 is 16.4. The van der Waals surface area contributed by atoms with E-state index in [-0.39, 0.29) is 12.2 Å². The fourth-order valence-corrected chi connectivity index (χ4v) is 2.27. The van der Waals surface area contributed by atoms with Crippen LogP contribution in [0.25, 0.3) is 0 Å². The largest absolute Gasteiger partial charge is 0.454 e. The number of hydrogen-bond acceptors (Lipinski definition) is 3. The maximum absolute atomic E-state index is 5.70. The van der Waals surface area contributed by atoms with Crippen molar-refractivity contribution in [2.45, 2.75) is 12.2 Å². The molecule has 3 aliphatic rings. The average molecular weight is 188 g/mol. The smallest absolute Gasteiger partial charge is 0.231 e. The van der Waals surface area contributed by atoms with Crippen molar-refractivity contribution in [1.29, 1.82) is 0 Å². The van der Waals surface area contributed by atoms with Crippen LogP contribution >= 0.6 is 0 Å². The van der Waals surface area contributed by atoms with Crippen LogP contribution in [0.3, 0.4) is 0 Å². The maximum atomic E-state index is 5.70. The number of rotatable bonds is 0. The summed E-state index contributed by atoms with van der Waals surface area (Å²) in [7, 11) is 0. The van der Waals surface area contributed by atoms with Gasteiger partial charge in [-0.25, -0.2) is 0 Å². The molecule has 0 spiro atoms. The molecule has 0 radical (unpaired) electrons. The molecule has 70 valence electrons. The number of benzene rings is 1. The highest BCUT2D eigenvalue weighted by atomic mass is 16.7. The molecule has 4 rings (SSSR count). The van der Waals surface area contributed by atoms with Crippen LogP contribution in [0.15, 0.2) is 24.3 Å². The van der Waals surface area contributed by atoms with E-state index in [1.165, 1.54) is 11.1 Å². The highest BCUT2D eigenvalue weighted by molar-refractivity contribution is 5.54. The monoisotopic (exact) mass is 188 g/mol. The Bertz CT molecular complexity index is 411. The minimum atomic E-state index is 0.129. The Labute approximate surface area is 80.9 Å². The molecule has 3 nitrogen and oxygen atoms in total. The van der Waals surface area contributed by atoms with E-state index in [0.29, 0.717) is 6.79 Å². The van der Waals surface area contributed by atoms with Crippen molar-refractivity contribution in [3.8, 4) is 11.5 Å². The van der Waals surface area contributed by atoms with Gasteiger partial charge < -0.3 is 14.2 Å². The summed E-state index contributed by atoms with van der Waals surface area (Å²) in [5.74, 6) is 1.68. The summed E-state index contributed by atoms with van der Waals surface area (Å²) in [6, 6.07) is 4.07. The van der Waals surface area contributed by atoms with Gasteiger partial charge in [0.2, 0.25) is 6.79 Å². The van der Waals surface area contributed by atoms with Gasteiger partial charge in [0.25, 0.3) is 0 Å². The molecule has 0 N–H and O–H groups in total. The molecule has 1 aromatic rings. The Hall–Kier alpha value is -1.48. The highest BCUT2D eigenvalue weighted by Crippen LogP contribution is 2.50. The van der Waals surface area contributed by atoms with Gasteiger partial charge in [-0.15, -0.1) is 0 Å². The first-order valence-electron chi connectivity index (χ1n) is 4.69. The highest BCUT2D eigenvalue weighted by Gasteiger charge is 2.35. The van der Waals surface area contributed by atoms with Gasteiger partial charge in [-0.1, -0.05) is 12.2 Å². The van der Waals surface area contributed by atoms with E-state index in [9.17, 15) is 0 Å². The third-order valence-corrected chi connectivity index (χ3v) is 2.95. The second kappa shape index (κ2) is 2.12. The first-order valence-corrected chi connectivity index (χ1v) is 4.69. The molecule has 2 bridgehead atoms. The van der Waals surface area contributed by atoms with Crippen LogP contribution in [0.1, 0.15) is 23.3 Å². The lowest BCUT2D eigenvalue weighted by atomic mass is 9.96. The Kier molecular flexibility index (Phi) is 1.04. The van der Waals surface area contributed by atoms with Gasteiger partial charge in [0, 0.05) is 0 Å². The summed E-state index contributed by atoms with van der Waals surface area (Å²) in [6.07, 6.45) is 4.44. The molecule has 1 aromatic carbocycles. The minimum absolute atomic E-state index is 0.129. The van der Waals surface area contributed by atoms with Crippen LogP contribution < -0.4 is 9.47 Å². The van der Waals surface area contributed by atoms with Crippen molar-refractivity contribution >= 4 is 0 Å². The van der Waals surface area contributed by atoms with Gasteiger partial charge in [-0.05, 0) is 23.3 Å². The Balaban J connectivity index is 1.97. The summed E-state index contributed by atoms with van der Waals surface area (Å²) in [4.78, 5) is 0. The summed E-state index contributed by atoms with van der Waals surface area (Å²) in [5, 5.41) is 0. The molecule has 14 heavy (non-hydrogen) atoms. The van der Waals surface area contributed by atoms with Crippen molar-refractivity contribution in [1.82, 2.24) is 0 Å². The van der Waals surface area contributed by atoms with Crippen molar-refractivity contribution < 1.29 is 14.2 Å². The van der Waals surface area contributed by atoms with Crippen molar-refractivity contribution in [2.24, 2.45) is 0 Å². The fraction of sp³-hybridized carbons (Fsp3) is 0.273. The van der Waals surface area contributed by atoms with E-state index in [1.807, 2.05) is 12.1 Å². The molecule has 0 saturated carbocycles. The van der Waals surface area contributed by atoms with Gasteiger partial charge >= 0.3 is 0 Å². The maximum Gasteiger partial charge on any atom is 0.231 e. The van der Waals surface area contributed by atoms with E-state index in [1.54, 1.807) is 0 Å². The van der Waals surface area contributed by atoms with E-state index >= 15 is 0 Å². The Morgan fingerprint density at radius 2 is 1.50 bits per heavy atom. The molecule has 3 heterocycles. The zero-order valence-corrected chi connectivity index (χ0v) is 7.40. The molecular weight excluding hydrogens is 180 g/mol. The number of hydrogen-bond donors (Lipinski definition) is 0. The molecule has 0 saturated heterocycles. The van der Waals surface area contributed by atoms with Crippen molar-refractivity contribution in [3.63, 3.8) is 0 Å². The van der Waals surface area contributed by atoms with Gasteiger partial charge in [0.05, 0.1) is 0 Å². The van der Waals surface area contributed by atoms with Gasteiger partial charge in [-0.2, -0.15) is 0 Å². The lowest BCUT2D eigenvalue weighted by Crippen LogP contribution is -1.93. The predicted octanol–water partition coefficient (Wildman–Crippen LogP) is 2.10. The molecule has 3 heteroatoms. The predicted molar refractivity (Wildman–Crippen MR) is 48.3 cm³/mol. The normalized spacial score (nSPS) is 29.7. The van der Waals surface area contributed by atoms with Crippen LogP contribution in [0.5, 0.6) is 11.5 Å². The lowest BCUT2D eigenvalue weighted by molar-refractivity contribution is 0.0875. The molecule has 3 aliphatic heterocycles. The molecule has 0 aromatic heterocycles. The molecule has 0 unspecified atom stereocenters. The first-order chi connectivity index (χ1) is 6.92. The van der Waals surface area contributed by atoms with E-state index in [0.717, 1.165) is 11.5 Å². The number of fused-ring (bicyclic) bond motifs is 6. The number of ether oxygens (including phenoxy) is 3. The molecular formula is C11H8O3. The van der Waals surface area contributed by atoms with Gasteiger partial charge in [0.1, 0.15) is 12.2 Å². The third kappa shape index (κ3) is 0.677. The molecule has 0 aliphatic carbocycles. The van der Waals surface area contributed by atoms with Gasteiger partial charge in [0.15, 0.2) is 11.5 Å². The quantitative estimate of drug-likeness (QED) is 0.583. The second-order valence-electron chi connectivity index (χ2n) is 3.70. The van der Waals surface area contributed by atoms with Gasteiger partial charge in [-0.3, -0.25) is 0 Å². The summed E-state index contributed by atoms with van der Waals surface area (Å²) in [5.41, 5.74) is 2.45. The topological polar surface area (TPSA) is 27.7 Å². The standard InChI is InChI=1S/C11H8O3/c1-2-9-7-4-11-10(12-5-13-11)3-6(7)8(1)14-9/h1-4,8-9H,5H2/t8-,9+. The molecule has 0 fully saturated rings. The molecule has 0 amide bonds. The fourth-order valence-electron chi connectivity index (χ4n) is 2.27. The van der Waals surface area contributed by atoms with Crippen LogP contribution in [0.2, 0.25) is 0 Å². The summed E-state index contributed by atoms with van der Waals surface area (Å²) in [6.45, 7) is 0.335. The second-order valence-corrected chi connectivity index (χ2v) is 3.70. The lowest BCUT2D eigenvalue weighted by Gasteiger charge is -2.07. The summed E-state index contributed by atoms with van der Waals surface area (Å²) >= 11 is 0. The zero-order valence-electron chi connectivity index (χ0n) is 7.40. The minimum Gasteiger partial charge on any atom is -0.454 e. The van der Waals surface area contributed by atoms with E-state index in [4.69, 9.17) is 14.2 Å². The van der Waals surface area contributed by atoms with Crippen molar-refractivity contribution in [2.75, 3.05) is 6.79 Å². The van der Waals surface area contributed by atoms with Crippen LogP contribution in [0, 0.1) is 0 Å². The first kappa shape index (κ1) is 6.90. The van der Waals surface area contributed by atoms with Crippen LogP contribution in [-0.2, 0) is 4.74 Å². The zero-order chi connectivity index (χ0) is 9.12. The Morgan fingerprint density at radius 1 is 0.929 bits per heavy atom. The van der Waals surface area contributed by atoms with Crippen molar-refractivity contribution in [3.05, 3.63) is 35.4 Å². The van der Waals surface area contributed by atoms with E-state index < -0.39 is 0 Å². The SMILES string of the molecule is C1=C[C@H]2O[C@@H]1c1cc3c(cc12)OCO3. The van der Waals surface area contributed by atoms with Crippen LogP contribution in [-0.4, -0.2) is 6.79 Å². The molecule has 2 atom stereocenters. The van der Waals surface area contributed by atoms with E-state index in [2.05, 4.69) is 12.2 Å². The average Bonchev–Trinajstić information content (AvgIpc) is 2.90.